The summed E-state index contributed by atoms with van der Waals surface area (Å²) in [4.78, 5) is 0. The minimum absolute atomic E-state index is 0.645. The fourth-order valence-electron chi connectivity index (χ4n) is 1.56. The molecule has 5 nitrogen and oxygen atoms in total. The Labute approximate surface area is 95.7 Å². The number of nitrogens with two attached hydrogens (primary N) is 1. The molecule has 0 atom stereocenters. The molecule has 0 saturated heterocycles. The monoisotopic (exact) mass is 231 g/mol. The van der Waals surface area contributed by atoms with Crippen molar-refractivity contribution >= 4 is 27.6 Å². The predicted octanol–water partition coefficient (Wildman–Crippen LogP) is 1.67. The van der Waals surface area contributed by atoms with E-state index in [1.54, 1.807) is 4.68 Å². The highest BCUT2D eigenvalue weighted by Crippen LogP contribution is 2.24. The average molecular weight is 231 g/mol. The Kier molecular flexibility index (Phi) is 1.90. The third kappa shape index (κ3) is 1.35. The van der Waals surface area contributed by atoms with Gasteiger partial charge in [-0.15, -0.1) is 5.10 Å². The lowest BCUT2D eigenvalue weighted by Gasteiger charge is -1.95. The quantitative estimate of drug-likeness (QED) is 0.691. The second-order valence-electron chi connectivity index (χ2n) is 3.53. The number of fused-ring (bicyclic) bond motifs is 1. The van der Waals surface area contributed by atoms with Crippen molar-refractivity contribution in [3.63, 3.8) is 0 Å². The lowest BCUT2D eigenvalue weighted by Crippen LogP contribution is -1.96. The van der Waals surface area contributed by atoms with Crippen LogP contribution in [0.5, 0.6) is 0 Å². The molecule has 1 aromatic carbocycles. The number of aromatic nitrogens is 4. The molecule has 2 heterocycles. The van der Waals surface area contributed by atoms with Crippen molar-refractivity contribution in [2.24, 2.45) is 7.05 Å². The third-order valence-corrected chi connectivity index (χ3v) is 3.16. The first kappa shape index (κ1) is 9.29. The van der Waals surface area contributed by atoms with Crippen molar-refractivity contribution < 1.29 is 0 Å². The van der Waals surface area contributed by atoms with E-state index in [0.717, 1.165) is 21.5 Å². The Morgan fingerprint density at radius 3 is 2.94 bits per heavy atom. The molecule has 0 spiro atoms. The zero-order valence-electron chi connectivity index (χ0n) is 8.58. The van der Waals surface area contributed by atoms with Gasteiger partial charge in [0, 0.05) is 18.7 Å². The first-order valence-corrected chi connectivity index (χ1v) is 5.53. The van der Waals surface area contributed by atoms with E-state index in [1.807, 2.05) is 31.3 Å². The number of nitrogens with zero attached hydrogens (tertiary/aromatic N) is 4. The molecule has 80 valence electrons. The summed E-state index contributed by atoms with van der Waals surface area (Å²) >= 11 is 1.39. The van der Waals surface area contributed by atoms with Gasteiger partial charge < -0.3 is 5.73 Å². The van der Waals surface area contributed by atoms with Gasteiger partial charge in [-0.25, -0.2) is 0 Å². The van der Waals surface area contributed by atoms with Crippen molar-refractivity contribution in [3.05, 3.63) is 24.3 Å². The molecule has 0 unspecified atom stereocenters. The van der Waals surface area contributed by atoms with Crippen LogP contribution in [0.3, 0.4) is 0 Å². The molecule has 0 aliphatic heterocycles. The Bertz CT molecular complexity index is 635. The SMILES string of the molecule is Cn1nc(-c2ccc3snnc3c2)cc1N. The van der Waals surface area contributed by atoms with E-state index in [2.05, 4.69) is 14.7 Å². The minimum atomic E-state index is 0.645. The maximum Gasteiger partial charge on any atom is 0.121 e. The number of nitrogen functional groups attached to an aromatic ring is 1. The fraction of sp³-hybridized carbons (Fsp3) is 0.100. The number of hydrogen-bond donors (Lipinski definition) is 1. The normalized spacial score (nSPS) is 11.1. The topological polar surface area (TPSA) is 69.6 Å². The van der Waals surface area contributed by atoms with Crippen molar-refractivity contribution in [3.8, 4) is 11.3 Å². The van der Waals surface area contributed by atoms with Crippen LogP contribution in [0.25, 0.3) is 21.5 Å². The molecule has 2 N–H and O–H groups in total. The Balaban J connectivity index is 2.17. The Morgan fingerprint density at radius 2 is 2.19 bits per heavy atom. The first-order valence-electron chi connectivity index (χ1n) is 4.76. The van der Waals surface area contributed by atoms with Gasteiger partial charge in [0.2, 0.25) is 0 Å². The molecule has 0 radical (unpaired) electrons. The van der Waals surface area contributed by atoms with Gasteiger partial charge in [-0.05, 0) is 23.7 Å². The summed E-state index contributed by atoms with van der Waals surface area (Å²) < 4.78 is 6.63. The maximum absolute atomic E-state index is 5.75. The summed E-state index contributed by atoms with van der Waals surface area (Å²) in [7, 11) is 1.82. The second-order valence-corrected chi connectivity index (χ2v) is 4.32. The summed E-state index contributed by atoms with van der Waals surface area (Å²) in [6.07, 6.45) is 0. The van der Waals surface area contributed by atoms with E-state index in [1.165, 1.54) is 11.5 Å². The maximum atomic E-state index is 5.75. The Hall–Kier alpha value is -1.95. The molecule has 0 bridgehead atoms. The molecule has 0 aliphatic carbocycles. The summed E-state index contributed by atoms with van der Waals surface area (Å²) in [5, 5.41) is 8.36. The molecular formula is C10H9N5S. The van der Waals surface area contributed by atoms with Crippen LogP contribution in [-0.4, -0.2) is 19.4 Å². The zero-order valence-corrected chi connectivity index (χ0v) is 9.40. The molecule has 6 heteroatoms. The lowest BCUT2D eigenvalue weighted by atomic mass is 10.1. The van der Waals surface area contributed by atoms with Crippen molar-refractivity contribution in [1.29, 1.82) is 0 Å². The van der Waals surface area contributed by atoms with Gasteiger partial charge in [-0.3, -0.25) is 4.68 Å². The highest BCUT2D eigenvalue weighted by Gasteiger charge is 2.06. The molecular weight excluding hydrogens is 222 g/mol. The van der Waals surface area contributed by atoms with Gasteiger partial charge in [0.1, 0.15) is 11.3 Å². The number of anilines is 1. The van der Waals surface area contributed by atoms with Crippen LogP contribution in [0.2, 0.25) is 0 Å². The van der Waals surface area contributed by atoms with Crippen LogP contribution in [0, 0.1) is 0 Å². The summed E-state index contributed by atoms with van der Waals surface area (Å²) in [5.74, 6) is 0.645. The molecule has 16 heavy (non-hydrogen) atoms. The summed E-state index contributed by atoms with van der Waals surface area (Å²) in [6.45, 7) is 0. The van der Waals surface area contributed by atoms with Gasteiger partial charge in [-0.2, -0.15) is 5.10 Å². The standard InChI is InChI=1S/C10H9N5S/c1-15-10(11)5-7(13-15)6-2-3-9-8(4-6)12-14-16-9/h2-5H,11H2,1H3. The van der Waals surface area contributed by atoms with Gasteiger partial charge in [-0.1, -0.05) is 10.6 Å². The van der Waals surface area contributed by atoms with Crippen molar-refractivity contribution in [1.82, 2.24) is 19.4 Å². The van der Waals surface area contributed by atoms with E-state index in [0.29, 0.717) is 5.82 Å². The predicted molar refractivity (Wildman–Crippen MR) is 64.0 cm³/mol. The number of aryl methyl sites for hydroxylation is 1. The van der Waals surface area contributed by atoms with Crippen LogP contribution < -0.4 is 5.73 Å². The van der Waals surface area contributed by atoms with E-state index in [4.69, 9.17) is 5.73 Å². The van der Waals surface area contributed by atoms with Gasteiger partial charge in [0.15, 0.2) is 0 Å². The Morgan fingerprint density at radius 1 is 1.31 bits per heavy atom. The highest BCUT2D eigenvalue weighted by molar-refractivity contribution is 7.12. The molecule has 2 aromatic heterocycles. The van der Waals surface area contributed by atoms with Crippen molar-refractivity contribution in [2.75, 3.05) is 5.73 Å². The van der Waals surface area contributed by atoms with E-state index in [-0.39, 0.29) is 0 Å². The summed E-state index contributed by atoms with van der Waals surface area (Å²) in [5.41, 5.74) is 8.50. The third-order valence-electron chi connectivity index (χ3n) is 2.46. The van der Waals surface area contributed by atoms with Crippen LogP contribution >= 0.6 is 11.5 Å². The first-order chi connectivity index (χ1) is 7.74. The lowest BCUT2D eigenvalue weighted by molar-refractivity contribution is 0.782. The molecule has 3 aromatic rings. The number of hydrogen-bond acceptors (Lipinski definition) is 5. The van der Waals surface area contributed by atoms with Gasteiger partial charge >= 0.3 is 0 Å². The average Bonchev–Trinajstić information content (AvgIpc) is 2.85. The van der Waals surface area contributed by atoms with E-state index in [9.17, 15) is 0 Å². The minimum Gasteiger partial charge on any atom is -0.384 e. The number of benzene rings is 1. The highest BCUT2D eigenvalue weighted by atomic mass is 32.1. The molecule has 0 fully saturated rings. The van der Waals surface area contributed by atoms with Crippen molar-refractivity contribution in [2.45, 2.75) is 0 Å². The van der Waals surface area contributed by atoms with E-state index >= 15 is 0 Å². The van der Waals surface area contributed by atoms with Gasteiger partial charge in [0.05, 0.1) is 10.4 Å². The zero-order chi connectivity index (χ0) is 11.1. The molecule has 0 saturated carbocycles. The molecule has 0 aliphatic rings. The fourth-order valence-corrected chi connectivity index (χ4v) is 2.10. The van der Waals surface area contributed by atoms with Gasteiger partial charge in [0.25, 0.3) is 0 Å². The molecule has 3 rings (SSSR count). The molecule has 0 amide bonds. The smallest absolute Gasteiger partial charge is 0.121 e. The number of rotatable bonds is 1. The summed E-state index contributed by atoms with van der Waals surface area (Å²) in [6, 6.07) is 7.83. The van der Waals surface area contributed by atoms with Crippen LogP contribution in [0.4, 0.5) is 5.82 Å². The van der Waals surface area contributed by atoms with E-state index < -0.39 is 0 Å². The second kappa shape index (κ2) is 3.28. The largest absolute Gasteiger partial charge is 0.384 e. The van der Waals surface area contributed by atoms with Crippen LogP contribution in [-0.2, 0) is 7.05 Å². The van der Waals surface area contributed by atoms with Crippen LogP contribution in [0.15, 0.2) is 24.3 Å². The van der Waals surface area contributed by atoms with Crippen LogP contribution in [0.1, 0.15) is 0 Å².